The molecule has 0 spiro atoms. The van der Waals surface area contributed by atoms with Gasteiger partial charge in [-0.2, -0.15) is 0 Å². The predicted molar refractivity (Wildman–Crippen MR) is 114 cm³/mol. The molecule has 0 aliphatic carbocycles. The average molecular weight is 413 g/mol. The molecule has 1 unspecified atom stereocenters. The molecule has 2 aliphatic rings. The Bertz CT molecular complexity index is 906. The first-order valence-electron chi connectivity index (χ1n) is 10.2. The molecule has 2 atom stereocenters. The average Bonchev–Trinajstić information content (AvgIpc) is 3.20. The van der Waals surface area contributed by atoms with Gasteiger partial charge in [-0.05, 0) is 38.0 Å². The summed E-state index contributed by atoms with van der Waals surface area (Å²) in [5, 5.41) is 5.57. The van der Waals surface area contributed by atoms with Gasteiger partial charge in [0.15, 0.2) is 0 Å². The Morgan fingerprint density at radius 2 is 2.10 bits per heavy atom. The molecule has 0 saturated heterocycles. The van der Waals surface area contributed by atoms with Crippen molar-refractivity contribution in [3.63, 3.8) is 0 Å². The second-order valence-electron chi connectivity index (χ2n) is 7.40. The van der Waals surface area contributed by atoms with Crippen LogP contribution in [0.3, 0.4) is 0 Å². The number of hydrogen-bond acceptors (Lipinski definition) is 6. The molecule has 1 aromatic rings. The Hall–Kier alpha value is -3.16. The van der Waals surface area contributed by atoms with Gasteiger partial charge in [0, 0.05) is 29.3 Å². The Morgan fingerprint density at radius 3 is 2.83 bits per heavy atom. The summed E-state index contributed by atoms with van der Waals surface area (Å²) in [6, 6.07) is 5.18. The van der Waals surface area contributed by atoms with Crippen molar-refractivity contribution in [2.24, 2.45) is 16.8 Å². The molecule has 2 N–H and O–H groups in total. The third-order valence-corrected chi connectivity index (χ3v) is 5.30. The first-order valence-corrected chi connectivity index (χ1v) is 10.2. The van der Waals surface area contributed by atoms with Crippen molar-refractivity contribution in [3.05, 3.63) is 29.8 Å². The van der Waals surface area contributed by atoms with E-state index in [1.54, 1.807) is 25.1 Å². The third kappa shape index (κ3) is 4.87. The van der Waals surface area contributed by atoms with Crippen LogP contribution in [0.5, 0.6) is 0 Å². The summed E-state index contributed by atoms with van der Waals surface area (Å²) >= 11 is 0. The summed E-state index contributed by atoms with van der Waals surface area (Å²) < 4.78 is 9.90. The summed E-state index contributed by atoms with van der Waals surface area (Å²) in [5.41, 5.74) is 3.24. The smallest absolute Gasteiger partial charge is 0.411 e. The minimum atomic E-state index is -0.597. The van der Waals surface area contributed by atoms with Crippen LogP contribution in [-0.4, -0.2) is 37.4 Å². The molecule has 0 saturated carbocycles. The number of esters is 1. The molecule has 2 heterocycles. The second kappa shape index (κ2) is 9.56. The van der Waals surface area contributed by atoms with Crippen LogP contribution in [0.4, 0.5) is 16.2 Å². The number of amides is 2. The van der Waals surface area contributed by atoms with Gasteiger partial charge in [0.05, 0.1) is 31.0 Å². The zero-order valence-corrected chi connectivity index (χ0v) is 17.5. The van der Waals surface area contributed by atoms with Gasteiger partial charge in [-0.15, -0.1) is 0 Å². The Balaban J connectivity index is 1.99. The van der Waals surface area contributed by atoms with Crippen molar-refractivity contribution in [1.82, 2.24) is 0 Å². The van der Waals surface area contributed by atoms with Gasteiger partial charge >= 0.3 is 12.1 Å². The number of fused-ring (bicyclic) bond motifs is 3. The van der Waals surface area contributed by atoms with Gasteiger partial charge in [0.2, 0.25) is 5.91 Å². The van der Waals surface area contributed by atoms with Crippen LogP contribution < -0.4 is 10.6 Å². The first kappa shape index (κ1) is 21.5. The number of carbonyl (C=O) groups excluding carboxylic acids is 3. The highest BCUT2D eigenvalue weighted by molar-refractivity contribution is 6.08. The molecule has 0 radical (unpaired) electrons. The molecule has 8 nitrogen and oxygen atoms in total. The molecule has 1 aromatic carbocycles. The minimum absolute atomic E-state index is 0.123. The van der Waals surface area contributed by atoms with Gasteiger partial charge in [-0.1, -0.05) is 19.4 Å². The number of hydrogen-bond donors (Lipinski definition) is 2. The number of nitrogens with zero attached hydrogens (tertiary/aromatic N) is 1. The van der Waals surface area contributed by atoms with Crippen molar-refractivity contribution in [2.45, 2.75) is 39.5 Å². The highest BCUT2D eigenvalue weighted by atomic mass is 16.5. The number of ether oxygens (including phenoxy) is 2. The Labute approximate surface area is 175 Å². The summed E-state index contributed by atoms with van der Waals surface area (Å²) in [4.78, 5) is 41.5. The van der Waals surface area contributed by atoms with Gasteiger partial charge in [-0.3, -0.25) is 19.9 Å². The quantitative estimate of drug-likeness (QED) is 0.729. The first-order chi connectivity index (χ1) is 14.4. The van der Waals surface area contributed by atoms with Gasteiger partial charge in [-0.25, -0.2) is 4.79 Å². The van der Waals surface area contributed by atoms with E-state index in [-0.39, 0.29) is 17.8 Å². The summed E-state index contributed by atoms with van der Waals surface area (Å²) in [5.74, 6) is -1.02. The van der Waals surface area contributed by atoms with Crippen LogP contribution >= 0.6 is 0 Å². The number of carbonyl (C=O) groups is 3. The normalized spacial score (nSPS) is 21.1. The Morgan fingerprint density at radius 1 is 1.30 bits per heavy atom. The summed E-state index contributed by atoms with van der Waals surface area (Å²) in [6.45, 7) is 3.97. The van der Waals surface area contributed by atoms with Crippen molar-refractivity contribution in [3.8, 4) is 0 Å². The highest BCUT2D eigenvalue weighted by Crippen LogP contribution is 2.34. The van der Waals surface area contributed by atoms with Crippen LogP contribution in [0.2, 0.25) is 0 Å². The number of nitrogens with one attached hydrogen (secondary N) is 2. The lowest BCUT2D eigenvalue weighted by Crippen LogP contribution is -2.26. The molecule has 2 amide bonds. The fourth-order valence-corrected chi connectivity index (χ4v) is 3.63. The molecule has 2 aliphatic heterocycles. The summed E-state index contributed by atoms with van der Waals surface area (Å²) in [7, 11) is 1.28. The van der Waals surface area contributed by atoms with Gasteiger partial charge < -0.3 is 14.8 Å². The second-order valence-corrected chi connectivity index (χ2v) is 7.40. The van der Waals surface area contributed by atoms with E-state index in [2.05, 4.69) is 15.4 Å². The zero-order valence-electron chi connectivity index (χ0n) is 17.5. The van der Waals surface area contributed by atoms with Crippen LogP contribution in [-0.2, 0) is 19.1 Å². The third-order valence-electron chi connectivity index (χ3n) is 5.30. The molecule has 160 valence electrons. The van der Waals surface area contributed by atoms with E-state index in [1.807, 2.05) is 13.0 Å². The lowest BCUT2D eigenvalue weighted by molar-refractivity contribution is -0.145. The van der Waals surface area contributed by atoms with E-state index < -0.39 is 12.0 Å². The van der Waals surface area contributed by atoms with Crippen molar-refractivity contribution >= 4 is 40.8 Å². The van der Waals surface area contributed by atoms with E-state index >= 15 is 0 Å². The van der Waals surface area contributed by atoms with Crippen LogP contribution in [0.25, 0.3) is 5.70 Å². The van der Waals surface area contributed by atoms with Crippen molar-refractivity contribution in [1.29, 1.82) is 0 Å². The van der Waals surface area contributed by atoms with Crippen LogP contribution in [0, 0.1) is 11.8 Å². The van der Waals surface area contributed by atoms with Gasteiger partial charge in [0.25, 0.3) is 0 Å². The van der Waals surface area contributed by atoms with E-state index in [9.17, 15) is 14.4 Å². The number of methoxy groups -OCH3 is 1. The molecular formula is C22H27N3O5. The fourth-order valence-electron chi connectivity index (χ4n) is 3.63. The number of aliphatic imine (C=N–C) groups is 1. The maximum atomic E-state index is 12.7. The Kier molecular flexibility index (Phi) is 6.87. The van der Waals surface area contributed by atoms with E-state index in [0.717, 1.165) is 11.3 Å². The predicted octanol–water partition coefficient (Wildman–Crippen LogP) is 3.99. The van der Waals surface area contributed by atoms with Crippen molar-refractivity contribution < 1.29 is 23.9 Å². The SMILES string of the molecule is CCOC(=O)C1CCC[C@@H](C)C(=O)Nc2cc(NC(=O)OC)ccc2C2=CCC1=N2. The van der Waals surface area contributed by atoms with Crippen molar-refractivity contribution in [2.75, 3.05) is 24.4 Å². The molecule has 0 aromatic heterocycles. The fraction of sp³-hybridized carbons (Fsp3) is 0.455. The topological polar surface area (TPSA) is 106 Å². The number of benzene rings is 1. The monoisotopic (exact) mass is 413 g/mol. The standard InChI is InChI=1S/C22H27N3O5/c1-4-30-21(27)16-7-5-6-13(2)20(26)25-19-12-14(23-22(28)29-3)8-9-15(19)17-10-11-18(16)24-17/h8-10,12-13,16H,4-7,11H2,1-3H3,(H,23,28)(H,25,26)/t13-,16?/m1/s1. The molecular weight excluding hydrogens is 386 g/mol. The zero-order chi connectivity index (χ0) is 21.7. The number of allylic oxidation sites excluding steroid dienone is 1. The summed E-state index contributed by atoms with van der Waals surface area (Å²) in [6.07, 6.45) is 3.87. The van der Waals surface area contributed by atoms with E-state index in [1.165, 1.54) is 7.11 Å². The molecule has 3 rings (SSSR count). The molecule has 30 heavy (non-hydrogen) atoms. The minimum Gasteiger partial charge on any atom is -0.465 e. The van der Waals surface area contributed by atoms with Gasteiger partial charge in [0.1, 0.15) is 0 Å². The lowest BCUT2D eigenvalue weighted by Gasteiger charge is -2.19. The molecule has 8 heteroatoms. The van der Waals surface area contributed by atoms with E-state index in [4.69, 9.17) is 9.73 Å². The van der Waals surface area contributed by atoms with Crippen LogP contribution in [0.1, 0.15) is 45.1 Å². The lowest BCUT2D eigenvalue weighted by atomic mass is 9.92. The highest BCUT2D eigenvalue weighted by Gasteiger charge is 2.29. The molecule has 2 bridgehead atoms. The maximum Gasteiger partial charge on any atom is 0.411 e. The van der Waals surface area contributed by atoms with E-state index in [0.29, 0.717) is 49.4 Å². The largest absolute Gasteiger partial charge is 0.465 e. The van der Waals surface area contributed by atoms with Crippen LogP contribution in [0.15, 0.2) is 29.3 Å². The maximum absolute atomic E-state index is 12.7. The number of rotatable bonds is 3. The molecule has 0 fully saturated rings. The number of anilines is 2.